The summed E-state index contributed by atoms with van der Waals surface area (Å²) < 4.78 is 54.5. The van der Waals surface area contributed by atoms with Gasteiger partial charge in [0.1, 0.15) is 25.3 Å². The lowest BCUT2D eigenvalue weighted by molar-refractivity contribution is -0.635. The van der Waals surface area contributed by atoms with Gasteiger partial charge in [-0.25, -0.2) is 16.8 Å². The molecule has 0 aromatic rings. The lowest BCUT2D eigenvalue weighted by Crippen LogP contribution is -2.82. The summed E-state index contributed by atoms with van der Waals surface area (Å²) in [6.07, 6.45) is 1.21. The molecular formula is C8H21N3O7S2. The fraction of sp³-hybridized carbons (Fsp3) is 0.875. The van der Waals surface area contributed by atoms with E-state index >= 15 is 0 Å². The van der Waals surface area contributed by atoms with Crippen LogP contribution in [0.25, 0.3) is 0 Å². The Balaban J connectivity index is 0. The molecule has 10 nitrogen and oxygen atoms in total. The minimum Gasteiger partial charge on any atom is -0.748 e. The Morgan fingerprint density at radius 2 is 1.70 bits per heavy atom. The maximum Gasteiger partial charge on any atom is 0.125 e. The molecule has 1 atom stereocenters. The first-order valence-electron chi connectivity index (χ1n) is 5.41. The number of nitrogens with zero attached hydrogens (tertiary/aromatic N) is 1. The molecule has 1 saturated heterocycles. The summed E-state index contributed by atoms with van der Waals surface area (Å²) in [6, 6.07) is 0. The lowest BCUT2D eigenvalue weighted by Gasteiger charge is -1.98. The molecule has 1 aliphatic rings. The van der Waals surface area contributed by atoms with E-state index < -0.39 is 20.2 Å². The van der Waals surface area contributed by atoms with Gasteiger partial charge >= 0.3 is 0 Å². The third-order valence-electron chi connectivity index (χ3n) is 1.83. The highest BCUT2D eigenvalue weighted by Crippen LogP contribution is 1.97. The first-order valence-corrected chi connectivity index (χ1v) is 9.04. The van der Waals surface area contributed by atoms with Crippen LogP contribution in [0.3, 0.4) is 0 Å². The molecule has 1 heterocycles. The largest absolute Gasteiger partial charge is 0.748 e. The van der Waals surface area contributed by atoms with Crippen molar-refractivity contribution in [3.05, 3.63) is 0 Å². The van der Waals surface area contributed by atoms with Gasteiger partial charge < -0.3 is 25.0 Å². The van der Waals surface area contributed by atoms with Gasteiger partial charge in [0.2, 0.25) is 0 Å². The van der Waals surface area contributed by atoms with E-state index in [1.807, 2.05) is 0 Å². The molecule has 0 spiro atoms. The molecule has 1 unspecified atom stereocenters. The minimum absolute atomic E-state index is 0.542. The molecule has 122 valence electrons. The molecular weight excluding hydrogens is 314 g/mol. The monoisotopic (exact) mass is 335 g/mol. The van der Waals surface area contributed by atoms with Crippen molar-refractivity contribution < 1.29 is 41.8 Å². The Hall–Kier alpha value is -0.790. The quantitative estimate of drug-likeness (QED) is 0.378. The van der Waals surface area contributed by atoms with Gasteiger partial charge in [-0.3, -0.25) is 0 Å². The zero-order valence-corrected chi connectivity index (χ0v) is 13.2. The van der Waals surface area contributed by atoms with Crippen LogP contribution in [0.5, 0.6) is 0 Å². The van der Waals surface area contributed by atoms with Crippen molar-refractivity contribution in [3.8, 4) is 0 Å². The maximum atomic E-state index is 9.08. The van der Waals surface area contributed by atoms with E-state index in [1.165, 1.54) is 0 Å². The second-order valence-electron chi connectivity index (χ2n) is 3.89. The molecule has 12 heteroatoms. The summed E-state index contributed by atoms with van der Waals surface area (Å²) in [5.74, 6) is 0.542. The summed E-state index contributed by atoms with van der Waals surface area (Å²) >= 11 is 0. The predicted octanol–water partition coefficient (Wildman–Crippen LogP) is -4.25. The number of oxime groups is 1. The summed E-state index contributed by atoms with van der Waals surface area (Å²) in [5.41, 5.74) is 4.99. The predicted molar refractivity (Wildman–Crippen MR) is 68.6 cm³/mol. The van der Waals surface area contributed by atoms with Crippen molar-refractivity contribution in [2.75, 3.05) is 39.3 Å². The summed E-state index contributed by atoms with van der Waals surface area (Å²) in [7, 11) is -6.24. The molecule has 0 bridgehead atoms. The Bertz CT molecular complexity index is 440. The molecule has 0 radical (unpaired) electrons. The van der Waals surface area contributed by atoms with Gasteiger partial charge in [-0.15, -0.1) is 0 Å². The standard InChI is InChI=1S/C6H13N3O.2CH4O3S/c1-10-9-6-4-8-3-5(6)2-7;2*1-5(2,3)4/h5,8H,2-4,7H2,1H3;2*1H3,(H,2,3,4)/b9-6+;;. The first kappa shape index (κ1) is 21.5. The third-order valence-corrected chi connectivity index (χ3v) is 1.83. The smallest absolute Gasteiger partial charge is 0.125 e. The van der Waals surface area contributed by atoms with Crippen LogP contribution in [-0.4, -0.2) is 70.9 Å². The maximum absolute atomic E-state index is 9.08. The van der Waals surface area contributed by atoms with E-state index in [2.05, 4.69) is 16.2 Å². The highest BCUT2D eigenvalue weighted by atomic mass is 32.2. The molecule has 20 heavy (non-hydrogen) atoms. The molecule has 0 aliphatic carbocycles. The Morgan fingerprint density at radius 1 is 1.30 bits per heavy atom. The van der Waals surface area contributed by atoms with E-state index in [4.69, 9.17) is 30.8 Å². The van der Waals surface area contributed by atoms with Gasteiger partial charge in [0.25, 0.3) is 0 Å². The molecule has 1 aliphatic heterocycles. The second-order valence-corrected chi connectivity index (χ2v) is 6.70. The van der Waals surface area contributed by atoms with Crippen molar-refractivity contribution >= 4 is 25.9 Å². The van der Waals surface area contributed by atoms with Gasteiger partial charge in [0.15, 0.2) is 0 Å². The molecule has 0 aromatic carbocycles. The van der Waals surface area contributed by atoms with Crippen LogP contribution in [-0.2, 0) is 25.1 Å². The summed E-state index contributed by atoms with van der Waals surface area (Å²) in [4.78, 5) is 4.70. The molecule has 0 aromatic heterocycles. The van der Waals surface area contributed by atoms with E-state index in [-0.39, 0.29) is 0 Å². The van der Waals surface area contributed by atoms with E-state index in [0.29, 0.717) is 18.4 Å². The first-order chi connectivity index (χ1) is 8.88. The fourth-order valence-electron chi connectivity index (χ4n) is 1.25. The van der Waals surface area contributed by atoms with E-state index in [0.717, 1.165) is 25.3 Å². The van der Waals surface area contributed by atoms with Gasteiger partial charge in [-0.05, 0) is 0 Å². The Morgan fingerprint density at radius 3 is 2.00 bits per heavy atom. The molecule has 1 fully saturated rings. The van der Waals surface area contributed by atoms with Crippen molar-refractivity contribution in [1.82, 2.24) is 0 Å². The SMILES string of the molecule is CO/N=C1\C[NH2+]CC1C[NH3+].CS(=O)(=O)[O-].CS(=O)(=O)[O-]. The van der Waals surface area contributed by atoms with Crippen LogP contribution in [0, 0.1) is 5.92 Å². The van der Waals surface area contributed by atoms with Crippen molar-refractivity contribution in [2.24, 2.45) is 11.1 Å². The average molecular weight is 335 g/mol. The van der Waals surface area contributed by atoms with Gasteiger partial charge in [0, 0.05) is 12.5 Å². The number of nitrogens with two attached hydrogens (primary N) is 1. The molecule has 0 amide bonds. The topological polar surface area (TPSA) is 180 Å². The highest BCUT2D eigenvalue weighted by molar-refractivity contribution is 7.85. The van der Waals surface area contributed by atoms with E-state index in [1.54, 1.807) is 7.11 Å². The van der Waals surface area contributed by atoms with Crippen LogP contribution in [0.1, 0.15) is 0 Å². The number of quaternary nitrogens is 2. The van der Waals surface area contributed by atoms with Crippen LogP contribution in [0.2, 0.25) is 0 Å². The summed E-state index contributed by atoms with van der Waals surface area (Å²) in [5, 5.41) is 6.15. The molecule has 1 rings (SSSR count). The number of hydrogen-bond donors (Lipinski definition) is 2. The van der Waals surface area contributed by atoms with Gasteiger partial charge in [-0.1, -0.05) is 5.16 Å². The van der Waals surface area contributed by atoms with Gasteiger partial charge in [-0.2, -0.15) is 0 Å². The Kier molecular flexibility index (Phi) is 10.8. The van der Waals surface area contributed by atoms with Crippen LogP contribution < -0.4 is 11.1 Å². The molecule has 5 N–H and O–H groups in total. The molecule has 0 saturated carbocycles. The minimum atomic E-state index is -3.92. The zero-order chi connectivity index (χ0) is 16.4. The van der Waals surface area contributed by atoms with Crippen molar-refractivity contribution in [2.45, 2.75) is 0 Å². The van der Waals surface area contributed by atoms with Crippen LogP contribution >= 0.6 is 0 Å². The average Bonchev–Trinajstić information content (AvgIpc) is 2.60. The summed E-state index contributed by atoms with van der Waals surface area (Å²) in [6.45, 7) is 3.03. The second kappa shape index (κ2) is 10.0. The van der Waals surface area contributed by atoms with Crippen LogP contribution in [0.4, 0.5) is 0 Å². The number of rotatable bonds is 2. The normalized spacial score (nSPS) is 20.5. The highest BCUT2D eigenvalue weighted by Gasteiger charge is 2.26. The zero-order valence-electron chi connectivity index (χ0n) is 11.6. The third kappa shape index (κ3) is 22.4. The van der Waals surface area contributed by atoms with Crippen molar-refractivity contribution in [3.63, 3.8) is 0 Å². The fourth-order valence-corrected chi connectivity index (χ4v) is 1.25. The lowest BCUT2D eigenvalue weighted by atomic mass is 10.1. The van der Waals surface area contributed by atoms with Crippen LogP contribution in [0.15, 0.2) is 5.16 Å². The van der Waals surface area contributed by atoms with E-state index in [9.17, 15) is 0 Å². The number of hydrogen-bond acceptors (Lipinski definition) is 8. The van der Waals surface area contributed by atoms with Gasteiger partial charge in [0.05, 0.1) is 33.3 Å². The van der Waals surface area contributed by atoms with Crippen molar-refractivity contribution in [1.29, 1.82) is 0 Å². The Labute approximate surface area is 118 Å².